The van der Waals surface area contributed by atoms with E-state index in [0.717, 1.165) is 5.56 Å². The molecule has 0 bridgehead atoms. The Labute approximate surface area is 130 Å². The fraction of sp³-hybridized carbons (Fsp3) is 0.133. The maximum atomic E-state index is 12.0. The maximum absolute atomic E-state index is 12.0. The van der Waals surface area contributed by atoms with Crippen LogP contribution in [0.1, 0.15) is 29.1 Å². The van der Waals surface area contributed by atoms with E-state index in [-0.39, 0.29) is 11.1 Å². The quantitative estimate of drug-likeness (QED) is 0.751. The van der Waals surface area contributed by atoms with Gasteiger partial charge < -0.3 is 9.67 Å². The fourth-order valence-corrected chi connectivity index (χ4v) is 2.16. The third-order valence-electron chi connectivity index (χ3n) is 3.44. The number of carboxylic acid groups (broad SMARTS) is 1. The summed E-state index contributed by atoms with van der Waals surface area (Å²) in [7, 11) is 0. The van der Waals surface area contributed by atoms with E-state index in [9.17, 15) is 9.59 Å². The lowest BCUT2D eigenvalue weighted by Gasteiger charge is -2.12. The molecule has 0 aliphatic rings. The number of aromatic carboxylic acids is 1. The van der Waals surface area contributed by atoms with Gasteiger partial charge in [-0.05, 0) is 25.1 Å². The number of hydrogen-bond donors (Lipinski definition) is 2. The predicted octanol–water partition coefficient (Wildman–Crippen LogP) is 1.34. The molecule has 0 unspecified atom stereocenters. The van der Waals surface area contributed by atoms with Gasteiger partial charge >= 0.3 is 5.97 Å². The molecule has 8 heteroatoms. The first-order valence-corrected chi connectivity index (χ1v) is 6.84. The third-order valence-corrected chi connectivity index (χ3v) is 3.44. The fourth-order valence-electron chi connectivity index (χ4n) is 2.16. The van der Waals surface area contributed by atoms with Gasteiger partial charge in [-0.15, -0.1) is 0 Å². The number of aromatic nitrogens is 5. The number of carboxylic acids is 1. The Kier molecular flexibility index (Phi) is 3.71. The summed E-state index contributed by atoms with van der Waals surface area (Å²) in [6.07, 6.45) is 4.56. The molecule has 3 heterocycles. The van der Waals surface area contributed by atoms with E-state index in [1.54, 1.807) is 31.5 Å². The van der Waals surface area contributed by atoms with E-state index >= 15 is 0 Å². The number of H-pyrrole nitrogens is 1. The van der Waals surface area contributed by atoms with Crippen molar-refractivity contribution in [1.82, 2.24) is 24.7 Å². The van der Waals surface area contributed by atoms with Crippen LogP contribution in [0.25, 0.3) is 11.4 Å². The summed E-state index contributed by atoms with van der Waals surface area (Å²) in [6, 6.07) is 5.56. The standard InChI is InChI=1S/C15H13N5O3/c1-9(20-8-11(15(22)23)2-3-12(20)21)13-17-14(19-18-13)10-4-6-16-7-5-10/h2-9H,1H3,(H,22,23)(H,17,18,19)/t9-/m1/s1. The van der Waals surface area contributed by atoms with Crippen molar-refractivity contribution in [3.05, 3.63) is 64.6 Å². The van der Waals surface area contributed by atoms with E-state index in [4.69, 9.17) is 5.11 Å². The van der Waals surface area contributed by atoms with Crippen molar-refractivity contribution in [1.29, 1.82) is 0 Å². The number of rotatable bonds is 4. The van der Waals surface area contributed by atoms with Crippen molar-refractivity contribution in [2.24, 2.45) is 0 Å². The lowest BCUT2D eigenvalue weighted by Crippen LogP contribution is -2.24. The normalized spacial score (nSPS) is 12.0. The first-order valence-electron chi connectivity index (χ1n) is 6.84. The molecule has 0 aliphatic carbocycles. The van der Waals surface area contributed by atoms with Crippen molar-refractivity contribution in [2.45, 2.75) is 13.0 Å². The maximum Gasteiger partial charge on any atom is 0.337 e. The van der Waals surface area contributed by atoms with Crippen LogP contribution in [0.5, 0.6) is 0 Å². The molecule has 0 radical (unpaired) electrons. The van der Waals surface area contributed by atoms with Gasteiger partial charge in [0.15, 0.2) is 5.82 Å². The summed E-state index contributed by atoms with van der Waals surface area (Å²) in [5.74, 6) is -0.154. The van der Waals surface area contributed by atoms with Gasteiger partial charge in [0.05, 0.1) is 11.6 Å². The molecule has 2 N–H and O–H groups in total. The smallest absolute Gasteiger partial charge is 0.337 e. The van der Waals surface area contributed by atoms with Gasteiger partial charge in [0, 0.05) is 30.2 Å². The largest absolute Gasteiger partial charge is 0.478 e. The number of nitrogens with one attached hydrogen (secondary N) is 1. The van der Waals surface area contributed by atoms with E-state index in [2.05, 4.69) is 20.2 Å². The van der Waals surface area contributed by atoms with Crippen LogP contribution in [-0.2, 0) is 0 Å². The summed E-state index contributed by atoms with van der Waals surface area (Å²) in [5.41, 5.74) is 0.510. The molecular weight excluding hydrogens is 298 g/mol. The second-order valence-corrected chi connectivity index (χ2v) is 4.92. The van der Waals surface area contributed by atoms with Crippen molar-refractivity contribution in [3.63, 3.8) is 0 Å². The monoisotopic (exact) mass is 311 g/mol. The Hall–Kier alpha value is -3.29. The van der Waals surface area contributed by atoms with Gasteiger partial charge in [0.2, 0.25) is 0 Å². The van der Waals surface area contributed by atoms with Crippen LogP contribution in [-0.4, -0.2) is 35.8 Å². The van der Waals surface area contributed by atoms with Crippen LogP contribution in [0.15, 0.2) is 47.7 Å². The molecule has 0 saturated carbocycles. The highest BCUT2D eigenvalue weighted by molar-refractivity contribution is 5.87. The Bertz CT molecular complexity index is 901. The van der Waals surface area contributed by atoms with E-state index in [1.165, 1.54) is 22.9 Å². The van der Waals surface area contributed by atoms with Gasteiger partial charge in [-0.25, -0.2) is 9.78 Å². The summed E-state index contributed by atoms with van der Waals surface area (Å²) in [4.78, 5) is 31.3. The van der Waals surface area contributed by atoms with Crippen LogP contribution >= 0.6 is 0 Å². The molecule has 1 atom stereocenters. The molecule has 3 rings (SSSR count). The molecule has 0 aliphatic heterocycles. The van der Waals surface area contributed by atoms with E-state index in [1.807, 2.05) is 0 Å². The van der Waals surface area contributed by atoms with Crippen LogP contribution in [0.2, 0.25) is 0 Å². The van der Waals surface area contributed by atoms with Gasteiger partial charge in [-0.2, -0.15) is 5.10 Å². The molecule has 0 saturated heterocycles. The number of pyridine rings is 2. The summed E-state index contributed by atoms with van der Waals surface area (Å²) in [6.45, 7) is 1.74. The summed E-state index contributed by atoms with van der Waals surface area (Å²) < 4.78 is 1.31. The predicted molar refractivity (Wildman–Crippen MR) is 81.1 cm³/mol. The van der Waals surface area contributed by atoms with Crippen molar-refractivity contribution < 1.29 is 9.90 Å². The molecule has 3 aromatic rings. The second-order valence-electron chi connectivity index (χ2n) is 4.92. The molecule has 0 spiro atoms. The molecular formula is C15H13N5O3. The third kappa shape index (κ3) is 2.86. The zero-order valence-corrected chi connectivity index (χ0v) is 12.2. The van der Waals surface area contributed by atoms with E-state index < -0.39 is 12.0 Å². The van der Waals surface area contributed by atoms with Crippen molar-refractivity contribution in [3.8, 4) is 11.4 Å². The molecule has 116 valence electrons. The molecule has 8 nitrogen and oxygen atoms in total. The first-order chi connectivity index (χ1) is 11.1. The number of nitrogens with zero attached hydrogens (tertiary/aromatic N) is 4. The number of hydrogen-bond acceptors (Lipinski definition) is 5. The Morgan fingerprint density at radius 2 is 2.00 bits per heavy atom. The SMILES string of the molecule is C[C@H](c1nc(-c2ccncc2)n[nH]1)n1cc(C(=O)O)ccc1=O. The second kappa shape index (κ2) is 5.84. The minimum atomic E-state index is -1.10. The Balaban J connectivity index is 1.97. The zero-order chi connectivity index (χ0) is 16.4. The van der Waals surface area contributed by atoms with Crippen LogP contribution in [0.4, 0.5) is 0 Å². The molecule has 0 amide bonds. The van der Waals surface area contributed by atoms with Gasteiger partial charge in [0.25, 0.3) is 5.56 Å². The summed E-state index contributed by atoms with van der Waals surface area (Å²) in [5, 5.41) is 16.0. The minimum Gasteiger partial charge on any atom is -0.478 e. The zero-order valence-electron chi connectivity index (χ0n) is 12.2. The molecule has 23 heavy (non-hydrogen) atoms. The highest BCUT2D eigenvalue weighted by Crippen LogP contribution is 2.17. The Morgan fingerprint density at radius 3 is 2.70 bits per heavy atom. The number of carbonyl (C=O) groups is 1. The molecule has 3 aromatic heterocycles. The highest BCUT2D eigenvalue weighted by atomic mass is 16.4. The van der Waals surface area contributed by atoms with Gasteiger partial charge in [-0.3, -0.25) is 14.9 Å². The Morgan fingerprint density at radius 1 is 1.26 bits per heavy atom. The molecule has 0 aromatic carbocycles. The minimum absolute atomic E-state index is 0.0327. The van der Waals surface area contributed by atoms with Crippen LogP contribution in [0.3, 0.4) is 0 Å². The van der Waals surface area contributed by atoms with Crippen LogP contribution < -0.4 is 5.56 Å². The van der Waals surface area contributed by atoms with Gasteiger partial charge in [0.1, 0.15) is 5.82 Å². The van der Waals surface area contributed by atoms with Crippen LogP contribution in [0, 0.1) is 0 Å². The average molecular weight is 311 g/mol. The molecule has 0 fully saturated rings. The van der Waals surface area contributed by atoms with Crippen molar-refractivity contribution >= 4 is 5.97 Å². The lowest BCUT2D eigenvalue weighted by atomic mass is 10.2. The number of aromatic amines is 1. The van der Waals surface area contributed by atoms with E-state index in [0.29, 0.717) is 11.6 Å². The average Bonchev–Trinajstić information content (AvgIpc) is 3.05. The first kappa shape index (κ1) is 14.6. The lowest BCUT2D eigenvalue weighted by molar-refractivity contribution is 0.0695. The van der Waals surface area contributed by atoms with Gasteiger partial charge in [-0.1, -0.05) is 0 Å². The highest BCUT2D eigenvalue weighted by Gasteiger charge is 2.16. The summed E-state index contributed by atoms with van der Waals surface area (Å²) >= 11 is 0. The topological polar surface area (TPSA) is 114 Å². The van der Waals surface area contributed by atoms with Crippen molar-refractivity contribution in [2.75, 3.05) is 0 Å².